The molecule has 186 valence electrons. The van der Waals surface area contributed by atoms with Gasteiger partial charge >= 0.3 is 5.97 Å². The second kappa shape index (κ2) is 15.6. The Bertz CT molecular complexity index is 962. The summed E-state index contributed by atoms with van der Waals surface area (Å²) >= 11 is 0. The van der Waals surface area contributed by atoms with Crippen LogP contribution in [0.3, 0.4) is 0 Å². The zero-order chi connectivity index (χ0) is 24.1. The van der Waals surface area contributed by atoms with Crippen LogP contribution in [0, 0.1) is 0 Å². The molecule has 0 bridgehead atoms. The first-order valence-corrected chi connectivity index (χ1v) is 10.8. The number of hydrogen-bond acceptors (Lipinski definition) is 8. The molecule has 0 aliphatic heterocycles. The quantitative estimate of drug-likeness (QED) is 0.158. The van der Waals surface area contributed by atoms with Crippen molar-refractivity contribution in [3.8, 4) is 23.0 Å². The normalized spacial score (nSPS) is 10.4. The number of unbranched alkanes of at least 4 members (excludes halogenated alkanes) is 2. The van der Waals surface area contributed by atoms with Gasteiger partial charge in [-0.25, -0.2) is 0 Å². The molecule has 0 N–H and O–H groups in total. The minimum atomic E-state index is -0.197. The van der Waals surface area contributed by atoms with Crippen LogP contribution < -0.4 is 18.9 Å². The minimum absolute atomic E-state index is 0. The molecule has 0 radical (unpaired) electrons. The van der Waals surface area contributed by atoms with Gasteiger partial charge in [0, 0.05) is 18.1 Å². The number of hydrogen-bond donors (Lipinski definition) is 0. The van der Waals surface area contributed by atoms with E-state index in [1.807, 2.05) is 0 Å². The number of pyridine rings is 1. The lowest BCUT2D eigenvalue weighted by Gasteiger charge is -2.11. The molecule has 34 heavy (non-hydrogen) atoms. The Labute approximate surface area is 206 Å². The predicted octanol–water partition coefficient (Wildman–Crippen LogP) is 4.93. The maximum Gasteiger partial charge on any atom is 0.305 e. The zero-order valence-corrected chi connectivity index (χ0v) is 20.8. The smallest absolute Gasteiger partial charge is 0.305 e. The van der Waals surface area contributed by atoms with Crippen molar-refractivity contribution in [3.05, 3.63) is 47.8 Å². The number of aromatic nitrogens is 1. The highest BCUT2D eigenvalue weighted by Gasteiger charge is 2.10. The van der Waals surface area contributed by atoms with E-state index in [4.69, 9.17) is 23.7 Å². The first-order chi connectivity index (χ1) is 16.0. The van der Waals surface area contributed by atoms with E-state index in [-0.39, 0.29) is 24.2 Å². The molecule has 9 heteroatoms. The van der Waals surface area contributed by atoms with Crippen molar-refractivity contribution in [2.24, 2.45) is 0 Å². The molecule has 0 amide bonds. The standard InChI is InChI=1S/C25H31NO7.ClH/c1-5-32-25(28)9-7-6-8-14-33-23-16-19(26-17-24(23)31-4)11-12-20(27)18-10-13-21(29-2)22(15-18)30-3;/h10-13,15-17H,5-9,14H2,1-4H3;1H. The number of allylic oxidation sites excluding steroid dienone is 1. The van der Waals surface area contributed by atoms with E-state index < -0.39 is 0 Å². The summed E-state index contributed by atoms with van der Waals surface area (Å²) in [6.45, 7) is 2.67. The van der Waals surface area contributed by atoms with E-state index in [0.717, 1.165) is 19.3 Å². The number of ketones is 1. The molecule has 1 heterocycles. The molecule has 0 fully saturated rings. The van der Waals surface area contributed by atoms with Crippen LogP contribution in [0.15, 0.2) is 36.5 Å². The molecule has 0 saturated carbocycles. The summed E-state index contributed by atoms with van der Waals surface area (Å²) in [5, 5.41) is 0. The third kappa shape index (κ3) is 8.94. The van der Waals surface area contributed by atoms with Crippen molar-refractivity contribution in [3.63, 3.8) is 0 Å². The Morgan fingerprint density at radius 3 is 2.32 bits per heavy atom. The lowest BCUT2D eigenvalue weighted by atomic mass is 10.1. The van der Waals surface area contributed by atoms with Crippen LogP contribution in [0.25, 0.3) is 6.08 Å². The van der Waals surface area contributed by atoms with Crippen LogP contribution in [0.4, 0.5) is 0 Å². The van der Waals surface area contributed by atoms with Gasteiger partial charge < -0.3 is 23.7 Å². The van der Waals surface area contributed by atoms with Crippen molar-refractivity contribution in [2.45, 2.75) is 32.6 Å². The van der Waals surface area contributed by atoms with Crippen molar-refractivity contribution in [1.82, 2.24) is 4.98 Å². The number of halogens is 1. The predicted molar refractivity (Wildman–Crippen MR) is 132 cm³/mol. The van der Waals surface area contributed by atoms with E-state index in [1.165, 1.54) is 20.3 Å². The molecular formula is C25H32ClNO7. The number of ether oxygens (including phenoxy) is 5. The van der Waals surface area contributed by atoms with E-state index in [9.17, 15) is 9.59 Å². The average Bonchev–Trinajstić information content (AvgIpc) is 2.84. The number of carbonyl (C=O) groups excluding carboxylic acids is 2. The summed E-state index contributed by atoms with van der Waals surface area (Å²) in [6.07, 6.45) is 7.40. The summed E-state index contributed by atoms with van der Waals surface area (Å²) in [7, 11) is 4.60. The summed E-state index contributed by atoms with van der Waals surface area (Å²) in [5.74, 6) is 1.71. The van der Waals surface area contributed by atoms with Gasteiger partial charge in [-0.15, -0.1) is 12.4 Å². The number of methoxy groups -OCH3 is 3. The number of benzene rings is 1. The van der Waals surface area contributed by atoms with Gasteiger partial charge in [-0.3, -0.25) is 14.6 Å². The number of esters is 1. The molecule has 0 atom stereocenters. The van der Waals surface area contributed by atoms with Gasteiger partial charge in [-0.05, 0) is 56.5 Å². The molecule has 0 unspecified atom stereocenters. The maximum absolute atomic E-state index is 12.6. The highest BCUT2D eigenvalue weighted by atomic mass is 35.5. The van der Waals surface area contributed by atoms with Gasteiger partial charge in [0.25, 0.3) is 0 Å². The lowest BCUT2D eigenvalue weighted by Crippen LogP contribution is -2.04. The Kier molecular flexibility index (Phi) is 13.2. The van der Waals surface area contributed by atoms with Crippen LogP contribution >= 0.6 is 12.4 Å². The fourth-order valence-corrected chi connectivity index (χ4v) is 3.01. The molecule has 0 aliphatic rings. The number of nitrogens with zero attached hydrogens (tertiary/aromatic N) is 1. The molecule has 0 spiro atoms. The van der Waals surface area contributed by atoms with Gasteiger partial charge in [0.1, 0.15) is 0 Å². The van der Waals surface area contributed by atoms with E-state index in [1.54, 1.807) is 50.6 Å². The fourth-order valence-electron chi connectivity index (χ4n) is 3.01. The molecule has 2 aromatic rings. The Morgan fingerprint density at radius 1 is 0.912 bits per heavy atom. The molecule has 0 saturated heterocycles. The Balaban J connectivity index is 0.00000578. The topological polar surface area (TPSA) is 93.2 Å². The van der Waals surface area contributed by atoms with Gasteiger partial charge in [0.15, 0.2) is 28.8 Å². The summed E-state index contributed by atoms with van der Waals surface area (Å²) < 4.78 is 26.5. The van der Waals surface area contributed by atoms with Crippen molar-refractivity contribution < 1.29 is 33.3 Å². The van der Waals surface area contributed by atoms with Gasteiger partial charge in [0.05, 0.1) is 46.4 Å². The number of rotatable bonds is 14. The Morgan fingerprint density at radius 2 is 1.65 bits per heavy atom. The second-order valence-electron chi connectivity index (χ2n) is 6.99. The highest BCUT2D eigenvalue weighted by Crippen LogP contribution is 2.29. The molecule has 2 rings (SSSR count). The van der Waals surface area contributed by atoms with Crippen molar-refractivity contribution >= 4 is 30.2 Å². The summed E-state index contributed by atoms with van der Waals surface area (Å²) in [6, 6.07) is 6.70. The number of carbonyl (C=O) groups is 2. The van der Waals surface area contributed by atoms with Crippen LogP contribution in [-0.2, 0) is 9.53 Å². The monoisotopic (exact) mass is 493 g/mol. The largest absolute Gasteiger partial charge is 0.493 e. The van der Waals surface area contributed by atoms with Gasteiger partial charge in [-0.2, -0.15) is 0 Å². The maximum atomic E-state index is 12.6. The Hall–Kier alpha value is -3.26. The van der Waals surface area contributed by atoms with Gasteiger partial charge in [-0.1, -0.05) is 0 Å². The zero-order valence-electron chi connectivity index (χ0n) is 20.0. The van der Waals surface area contributed by atoms with Crippen LogP contribution in [-0.4, -0.2) is 51.3 Å². The first-order valence-electron chi connectivity index (χ1n) is 10.8. The van der Waals surface area contributed by atoms with E-state index in [2.05, 4.69) is 4.98 Å². The first kappa shape index (κ1) is 28.8. The second-order valence-corrected chi connectivity index (χ2v) is 6.99. The molecule has 8 nitrogen and oxygen atoms in total. The SMILES string of the molecule is CCOC(=O)CCCCCOc1cc(C=CC(=O)c2ccc(OC)c(OC)c2)ncc1OC.Cl. The summed E-state index contributed by atoms with van der Waals surface area (Å²) in [4.78, 5) is 28.2. The highest BCUT2D eigenvalue weighted by molar-refractivity contribution is 6.07. The van der Waals surface area contributed by atoms with Crippen molar-refractivity contribution in [2.75, 3.05) is 34.5 Å². The third-order valence-corrected chi connectivity index (χ3v) is 4.73. The van der Waals surface area contributed by atoms with E-state index >= 15 is 0 Å². The average molecular weight is 494 g/mol. The molecular weight excluding hydrogens is 462 g/mol. The van der Waals surface area contributed by atoms with E-state index in [0.29, 0.717) is 53.9 Å². The van der Waals surface area contributed by atoms with Crippen LogP contribution in [0.2, 0.25) is 0 Å². The molecule has 1 aromatic carbocycles. The molecule has 0 aliphatic carbocycles. The van der Waals surface area contributed by atoms with Gasteiger partial charge in [0.2, 0.25) is 0 Å². The van der Waals surface area contributed by atoms with Crippen LogP contribution in [0.1, 0.15) is 48.7 Å². The third-order valence-electron chi connectivity index (χ3n) is 4.73. The summed E-state index contributed by atoms with van der Waals surface area (Å²) in [5.41, 5.74) is 1.03. The minimum Gasteiger partial charge on any atom is -0.493 e. The molecule has 1 aromatic heterocycles. The van der Waals surface area contributed by atoms with Crippen LogP contribution in [0.5, 0.6) is 23.0 Å². The fraction of sp³-hybridized carbons (Fsp3) is 0.400. The lowest BCUT2D eigenvalue weighted by molar-refractivity contribution is -0.143. The van der Waals surface area contributed by atoms with Crippen molar-refractivity contribution in [1.29, 1.82) is 0 Å².